The zero-order valence-electron chi connectivity index (χ0n) is 19.4. The number of hydrogen-bond acceptors (Lipinski definition) is 10. The molecule has 1 aliphatic carbocycles. The van der Waals surface area contributed by atoms with Crippen molar-refractivity contribution in [2.45, 2.75) is 44.4 Å². The van der Waals surface area contributed by atoms with Gasteiger partial charge in [-0.2, -0.15) is 5.10 Å². The predicted molar refractivity (Wildman–Crippen MR) is 136 cm³/mol. The molecule has 1 aliphatic rings. The fraction of sp³-hybridized carbons (Fsp3) is 0.391. The first-order valence-electron chi connectivity index (χ1n) is 11.3. The van der Waals surface area contributed by atoms with E-state index >= 15 is 0 Å². The molecule has 3 N–H and O–H groups in total. The summed E-state index contributed by atoms with van der Waals surface area (Å²) in [6.45, 7) is 0.191. The molecule has 0 saturated heterocycles. The minimum atomic E-state index is -0.377. The van der Waals surface area contributed by atoms with Crippen molar-refractivity contribution in [2.75, 3.05) is 17.7 Å². The van der Waals surface area contributed by atoms with Crippen molar-refractivity contribution in [1.29, 1.82) is 0 Å². The second kappa shape index (κ2) is 10.2. The average Bonchev–Trinajstić information content (AvgIpc) is 3.46. The summed E-state index contributed by atoms with van der Waals surface area (Å²) < 4.78 is 14.1. The van der Waals surface area contributed by atoms with Crippen LogP contribution in [0.1, 0.15) is 31.4 Å². The lowest BCUT2D eigenvalue weighted by Gasteiger charge is -2.27. The first-order chi connectivity index (χ1) is 17.0. The third kappa shape index (κ3) is 5.26. The van der Waals surface area contributed by atoms with Crippen molar-refractivity contribution in [2.24, 2.45) is 7.05 Å². The number of aryl methyl sites for hydroxylation is 1. The quantitative estimate of drug-likeness (QED) is 0.311. The maximum atomic E-state index is 10.3. The molecule has 2 atom stereocenters. The average molecular weight is 516 g/mol. The van der Waals surface area contributed by atoms with Crippen LogP contribution in [0, 0.1) is 0 Å². The molecule has 35 heavy (non-hydrogen) atoms. The Morgan fingerprint density at radius 1 is 1.26 bits per heavy atom. The molecule has 1 aromatic carbocycles. The molecule has 1 unspecified atom stereocenters. The van der Waals surface area contributed by atoms with Gasteiger partial charge in [0.05, 0.1) is 41.5 Å². The van der Waals surface area contributed by atoms with Gasteiger partial charge in [0.15, 0.2) is 5.13 Å². The maximum Gasteiger partial charge on any atom is 0.227 e. The lowest BCUT2D eigenvalue weighted by molar-refractivity contribution is 0.116. The minimum Gasteiger partial charge on any atom is -0.494 e. The van der Waals surface area contributed by atoms with Crippen LogP contribution in [-0.2, 0) is 13.7 Å². The number of benzene rings is 1. The third-order valence-electron chi connectivity index (χ3n) is 5.85. The van der Waals surface area contributed by atoms with Crippen LogP contribution in [-0.4, -0.2) is 49.1 Å². The molecule has 10 nitrogen and oxygen atoms in total. The van der Waals surface area contributed by atoms with E-state index in [1.807, 2.05) is 13.2 Å². The number of ether oxygens (including phenoxy) is 2. The van der Waals surface area contributed by atoms with E-state index in [2.05, 4.69) is 30.7 Å². The molecule has 0 aliphatic heterocycles. The second-order valence-corrected chi connectivity index (χ2v) is 9.76. The Morgan fingerprint density at radius 2 is 2.11 bits per heavy atom. The van der Waals surface area contributed by atoms with Gasteiger partial charge in [0.2, 0.25) is 5.95 Å². The zero-order chi connectivity index (χ0) is 24.4. The Kier molecular flexibility index (Phi) is 6.89. The van der Waals surface area contributed by atoms with Gasteiger partial charge in [0.25, 0.3) is 0 Å². The van der Waals surface area contributed by atoms with Crippen LogP contribution in [0.5, 0.6) is 11.5 Å². The number of fused-ring (bicyclic) bond motifs is 1. The second-order valence-electron chi connectivity index (χ2n) is 8.38. The third-order valence-corrected chi connectivity index (χ3v) is 7.34. The minimum absolute atomic E-state index is 0.0166. The van der Waals surface area contributed by atoms with E-state index in [9.17, 15) is 5.11 Å². The Hall–Kier alpha value is -3.15. The molecule has 5 rings (SSSR count). The van der Waals surface area contributed by atoms with E-state index in [0.29, 0.717) is 38.8 Å². The number of aromatic nitrogens is 5. The maximum absolute atomic E-state index is 10.3. The lowest BCUT2D eigenvalue weighted by Crippen LogP contribution is -2.36. The molecule has 3 aromatic heterocycles. The first-order valence-corrected chi connectivity index (χ1v) is 12.5. The molecule has 4 aromatic rings. The number of halogens is 1. The normalized spacial score (nSPS) is 17.9. The standard InChI is InChI=1S/C23H26ClN7O3S/c1-31-11-14(10-26-31)28-22-25-8-7-13(27-22)12-34-17-9-18(33-2)20-21(19(17)24)35-23(30-20)29-15-5-3-4-6-16(15)32/h7-11,15-16,32H,3-6,12H2,1-2H3,(H,29,30)(H,25,27,28)/t15?,16-/m0/s1. The molecular weight excluding hydrogens is 490 g/mol. The number of anilines is 3. The summed E-state index contributed by atoms with van der Waals surface area (Å²) in [5, 5.41) is 22.1. The number of nitrogens with one attached hydrogen (secondary N) is 2. The van der Waals surface area contributed by atoms with Crippen molar-refractivity contribution in [3.05, 3.63) is 41.4 Å². The van der Waals surface area contributed by atoms with Gasteiger partial charge in [-0.3, -0.25) is 4.68 Å². The van der Waals surface area contributed by atoms with Gasteiger partial charge in [0.1, 0.15) is 28.6 Å². The van der Waals surface area contributed by atoms with Crippen LogP contribution >= 0.6 is 22.9 Å². The van der Waals surface area contributed by atoms with Crippen molar-refractivity contribution in [3.8, 4) is 11.5 Å². The fourth-order valence-corrected chi connectivity index (χ4v) is 5.35. The number of aliphatic hydroxyl groups is 1. The molecule has 0 spiro atoms. The number of thiazole rings is 1. The summed E-state index contributed by atoms with van der Waals surface area (Å²) in [7, 11) is 3.43. The van der Waals surface area contributed by atoms with Crippen LogP contribution in [0.3, 0.4) is 0 Å². The van der Waals surface area contributed by atoms with Gasteiger partial charge in [0, 0.05) is 25.5 Å². The van der Waals surface area contributed by atoms with E-state index in [1.54, 1.807) is 36.3 Å². The molecule has 12 heteroatoms. The molecule has 0 bridgehead atoms. The number of aliphatic hydroxyl groups excluding tert-OH is 1. The topological polar surface area (TPSA) is 119 Å². The summed E-state index contributed by atoms with van der Waals surface area (Å²) in [6.07, 6.45) is 8.66. The Bertz CT molecular complexity index is 1330. The van der Waals surface area contributed by atoms with Gasteiger partial charge in [-0.1, -0.05) is 35.8 Å². The van der Waals surface area contributed by atoms with Crippen LogP contribution in [0.15, 0.2) is 30.7 Å². The van der Waals surface area contributed by atoms with Crippen molar-refractivity contribution in [3.63, 3.8) is 0 Å². The predicted octanol–water partition coefficient (Wildman–Crippen LogP) is 4.52. The van der Waals surface area contributed by atoms with Crippen LogP contribution < -0.4 is 20.1 Å². The molecule has 1 fully saturated rings. The van der Waals surface area contributed by atoms with E-state index in [1.165, 1.54) is 11.3 Å². The van der Waals surface area contributed by atoms with Gasteiger partial charge >= 0.3 is 0 Å². The highest BCUT2D eigenvalue weighted by atomic mass is 35.5. The fourth-order valence-electron chi connectivity index (χ4n) is 4.06. The molecular formula is C23H26ClN7O3S. The smallest absolute Gasteiger partial charge is 0.227 e. The highest BCUT2D eigenvalue weighted by Gasteiger charge is 2.25. The molecule has 1 saturated carbocycles. The summed E-state index contributed by atoms with van der Waals surface area (Å²) in [6, 6.07) is 3.50. The first kappa shape index (κ1) is 23.6. The van der Waals surface area contributed by atoms with Gasteiger partial charge in [-0.25, -0.2) is 15.0 Å². The molecule has 184 valence electrons. The lowest BCUT2D eigenvalue weighted by atomic mass is 9.93. The van der Waals surface area contributed by atoms with Crippen molar-refractivity contribution in [1.82, 2.24) is 24.7 Å². The van der Waals surface area contributed by atoms with Gasteiger partial charge in [-0.15, -0.1) is 0 Å². The Labute approximate surface area is 211 Å². The zero-order valence-corrected chi connectivity index (χ0v) is 20.9. The highest BCUT2D eigenvalue weighted by molar-refractivity contribution is 7.22. The summed E-state index contributed by atoms with van der Waals surface area (Å²) in [4.78, 5) is 13.4. The molecule has 0 amide bonds. The molecule has 0 radical (unpaired) electrons. The summed E-state index contributed by atoms with van der Waals surface area (Å²) in [5.41, 5.74) is 2.13. The number of nitrogens with zero attached hydrogens (tertiary/aromatic N) is 5. The largest absolute Gasteiger partial charge is 0.494 e. The van der Waals surface area contributed by atoms with Crippen LogP contribution in [0.4, 0.5) is 16.8 Å². The van der Waals surface area contributed by atoms with E-state index in [4.69, 9.17) is 21.1 Å². The molecule has 3 heterocycles. The van der Waals surface area contributed by atoms with Gasteiger partial charge < -0.3 is 25.2 Å². The Balaban J connectivity index is 1.34. The van der Waals surface area contributed by atoms with E-state index in [-0.39, 0.29) is 18.8 Å². The Morgan fingerprint density at radius 3 is 2.89 bits per heavy atom. The number of methoxy groups -OCH3 is 1. The van der Waals surface area contributed by atoms with Crippen LogP contribution in [0.25, 0.3) is 10.2 Å². The monoisotopic (exact) mass is 515 g/mol. The van der Waals surface area contributed by atoms with Crippen molar-refractivity contribution < 1.29 is 14.6 Å². The van der Waals surface area contributed by atoms with Gasteiger partial charge in [-0.05, 0) is 18.9 Å². The SMILES string of the molecule is COc1cc(OCc2ccnc(Nc3cnn(C)c3)n2)c(Cl)c2sc(NC3CCCC[C@@H]3O)nc12. The number of hydrogen-bond donors (Lipinski definition) is 3. The van der Waals surface area contributed by atoms with Crippen LogP contribution in [0.2, 0.25) is 5.02 Å². The van der Waals surface area contributed by atoms with E-state index < -0.39 is 0 Å². The summed E-state index contributed by atoms with van der Waals surface area (Å²) >= 11 is 8.14. The van der Waals surface area contributed by atoms with E-state index in [0.717, 1.165) is 36.1 Å². The summed E-state index contributed by atoms with van der Waals surface area (Å²) in [5.74, 6) is 1.49. The highest BCUT2D eigenvalue weighted by Crippen LogP contribution is 2.44. The van der Waals surface area contributed by atoms with Crippen molar-refractivity contribution >= 4 is 49.9 Å². The number of rotatable bonds is 8.